The number of hydrogen-bond acceptors (Lipinski definition) is 2. The summed E-state index contributed by atoms with van der Waals surface area (Å²) in [5.74, 6) is 0.630. The minimum atomic E-state index is 0.258. The van der Waals surface area contributed by atoms with Crippen LogP contribution in [0.5, 0.6) is 0 Å². The molecule has 1 atom stereocenters. The summed E-state index contributed by atoms with van der Waals surface area (Å²) in [6, 6.07) is 0.258. The van der Waals surface area contributed by atoms with Crippen LogP contribution in [0.1, 0.15) is 44.1 Å². The molecule has 1 rings (SSSR count). The Morgan fingerprint density at radius 2 is 1.94 bits per heavy atom. The van der Waals surface area contributed by atoms with E-state index in [0.29, 0.717) is 5.92 Å². The lowest BCUT2D eigenvalue weighted by Crippen LogP contribution is -2.22. The maximum absolute atomic E-state index is 6.02. The smallest absolute Gasteiger partial charge is 0.0629 e. The molecular formula is C13H25N3. The first kappa shape index (κ1) is 13.2. The summed E-state index contributed by atoms with van der Waals surface area (Å²) >= 11 is 0. The van der Waals surface area contributed by atoms with Gasteiger partial charge in [-0.1, -0.05) is 20.8 Å². The summed E-state index contributed by atoms with van der Waals surface area (Å²) in [5.41, 5.74) is 9.79. The minimum absolute atomic E-state index is 0.258. The largest absolute Gasteiger partial charge is 0.327 e. The maximum atomic E-state index is 6.02. The molecule has 3 heteroatoms. The van der Waals surface area contributed by atoms with Crippen LogP contribution in [0.4, 0.5) is 0 Å². The summed E-state index contributed by atoms with van der Waals surface area (Å²) in [6.07, 6.45) is 1.97. The molecule has 16 heavy (non-hydrogen) atoms. The molecule has 1 aromatic rings. The van der Waals surface area contributed by atoms with Gasteiger partial charge in [-0.05, 0) is 38.2 Å². The highest BCUT2D eigenvalue weighted by Crippen LogP contribution is 2.16. The van der Waals surface area contributed by atoms with Crippen molar-refractivity contribution in [3.8, 4) is 0 Å². The van der Waals surface area contributed by atoms with Gasteiger partial charge in [0.2, 0.25) is 0 Å². The maximum Gasteiger partial charge on any atom is 0.0629 e. The van der Waals surface area contributed by atoms with E-state index in [1.807, 2.05) is 0 Å². The van der Waals surface area contributed by atoms with Crippen molar-refractivity contribution in [1.82, 2.24) is 9.78 Å². The molecule has 2 N–H and O–H groups in total. The van der Waals surface area contributed by atoms with Gasteiger partial charge in [-0.2, -0.15) is 5.10 Å². The van der Waals surface area contributed by atoms with Gasteiger partial charge in [-0.25, -0.2) is 0 Å². The number of aromatic nitrogens is 2. The van der Waals surface area contributed by atoms with Gasteiger partial charge in [0.15, 0.2) is 0 Å². The van der Waals surface area contributed by atoms with E-state index in [1.165, 1.54) is 11.3 Å². The van der Waals surface area contributed by atoms with E-state index in [-0.39, 0.29) is 6.04 Å². The fraction of sp³-hybridized carbons (Fsp3) is 0.769. The van der Waals surface area contributed by atoms with Crippen molar-refractivity contribution >= 4 is 0 Å². The summed E-state index contributed by atoms with van der Waals surface area (Å²) in [6.45, 7) is 11.8. The lowest BCUT2D eigenvalue weighted by Gasteiger charge is -2.10. The molecule has 92 valence electrons. The van der Waals surface area contributed by atoms with Crippen LogP contribution in [0.25, 0.3) is 0 Å². The van der Waals surface area contributed by atoms with E-state index in [4.69, 9.17) is 5.73 Å². The highest BCUT2D eigenvalue weighted by Gasteiger charge is 2.14. The third-order valence-electron chi connectivity index (χ3n) is 3.06. The van der Waals surface area contributed by atoms with Crippen molar-refractivity contribution < 1.29 is 0 Å². The lowest BCUT2D eigenvalue weighted by atomic mass is 10.0. The second-order valence-corrected chi connectivity index (χ2v) is 5.10. The molecule has 1 aromatic heterocycles. The van der Waals surface area contributed by atoms with Crippen molar-refractivity contribution in [2.75, 3.05) is 0 Å². The summed E-state index contributed by atoms with van der Waals surface area (Å²) < 4.78 is 2.12. The molecule has 0 aliphatic rings. The fourth-order valence-electron chi connectivity index (χ4n) is 1.96. The summed E-state index contributed by atoms with van der Waals surface area (Å²) in [4.78, 5) is 0. The van der Waals surface area contributed by atoms with E-state index in [9.17, 15) is 0 Å². The zero-order valence-corrected chi connectivity index (χ0v) is 11.2. The second-order valence-electron chi connectivity index (χ2n) is 5.10. The molecule has 3 nitrogen and oxygen atoms in total. The third kappa shape index (κ3) is 3.08. The van der Waals surface area contributed by atoms with E-state index in [0.717, 1.165) is 25.1 Å². The zero-order chi connectivity index (χ0) is 12.3. The third-order valence-corrected chi connectivity index (χ3v) is 3.06. The summed E-state index contributed by atoms with van der Waals surface area (Å²) in [7, 11) is 0. The van der Waals surface area contributed by atoms with Gasteiger partial charge in [0, 0.05) is 18.3 Å². The van der Waals surface area contributed by atoms with E-state index < -0.39 is 0 Å². The number of rotatable bonds is 5. The van der Waals surface area contributed by atoms with Crippen LogP contribution in [0.3, 0.4) is 0 Å². The second kappa shape index (κ2) is 5.48. The molecule has 0 fully saturated rings. The van der Waals surface area contributed by atoms with Gasteiger partial charge in [0.05, 0.1) is 5.69 Å². The molecule has 0 spiro atoms. The highest BCUT2D eigenvalue weighted by molar-refractivity contribution is 5.25. The Hall–Kier alpha value is -0.830. The number of hydrogen-bond donors (Lipinski definition) is 1. The van der Waals surface area contributed by atoms with Crippen LogP contribution in [-0.4, -0.2) is 15.8 Å². The topological polar surface area (TPSA) is 43.8 Å². The molecule has 0 saturated carbocycles. The monoisotopic (exact) mass is 223 g/mol. The zero-order valence-electron chi connectivity index (χ0n) is 11.2. The molecule has 0 saturated heterocycles. The van der Waals surface area contributed by atoms with E-state index in [2.05, 4.69) is 44.4 Å². The molecule has 1 unspecified atom stereocenters. The van der Waals surface area contributed by atoms with Crippen molar-refractivity contribution in [2.45, 2.75) is 60.0 Å². The highest BCUT2D eigenvalue weighted by atomic mass is 15.3. The predicted molar refractivity (Wildman–Crippen MR) is 68.5 cm³/mol. The lowest BCUT2D eigenvalue weighted by molar-refractivity contribution is 0.472. The first-order chi connectivity index (χ1) is 7.45. The first-order valence-electron chi connectivity index (χ1n) is 6.24. The van der Waals surface area contributed by atoms with Gasteiger partial charge < -0.3 is 5.73 Å². The Morgan fingerprint density at radius 3 is 2.44 bits per heavy atom. The number of nitrogens with two attached hydrogens (primary N) is 1. The Kier molecular flexibility index (Phi) is 4.54. The van der Waals surface area contributed by atoms with Crippen LogP contribution in [0, 0.1) is 19.8 Å². The molecule has 0 bridgehead atoms. The molecule has 0 amide bonds. The number of aryl methyl sites for hydroxylation is 1. The van der Waals surface area contributed by atoms with Crippen LogP contribution in [-0.2, 0) is 13.0 Å². The van der Waals surface area contributed by atoms with Crippen molar-refractivity contribution in [3.63, 3.8) is 0 Å². The first-order valence-corrected chi connectivity index (χ1v) is 6.24. The van der Waals surface area contributed by atoms with Crippen LogP contribution in [0.2, 0.25) is 0 Å². The molecule has 0 aromatic carbocycles. The average molecular weight is 223 g/mol. The quantitative estimate of drug-likeness (QED) is 0.833. The molecule has 0 aliphatic heterocycles. The molecule has 1 heterocycles. The number of nitrogens with zero attached hydrogens (tertiary/aromatic N) is 2. The van der Waals surface area contributed by atoms with Crippen molar-refractivity contribution in [1.29, 1.82) is 0 Å². The van der Waals surface area contributed by atoms with E-state index in [1.54, 1.807) is 0 Å². The Balaban J connectivity index is 2.88. The van der Waals surface area contributed by atoms with Crippen LogP contribution in [0.15, 0.2) is 0 Å². The van der Waals surface area contributed by atoms with Crippen LogP contribution >= 0.6 is 0 Å². The Labute approximate surface area is 99.0 Å². The fourth-order valence-corrected chi connectivity index (χ4v) is 1.96. The van der Waals surface area contributed by atoms with E-state index >= 15 is 0 Å². The van der Waals surface area contributed by atoms with Crippen LogP contribution < -0.4 is 5.73 Å². The Bertz CT molecular complexity index is 339. The summed E-state index contributed by atoms with van der Waals surface area (Å²) in [5, 5.41) is 4.60. The van der Waals surface area contributed by atoms with Gasteiger partial charge in [0.25, 0.3) is 0 Å². The SMILES string of the molecule is CCC(N)Cc1c(C)nn(CC(C)C)c1C. The minimum Gasteiger partial charge on any atom is -0.327 e. The van der Waals surface area contributed by atoms with Gasteiger partial charge in [-0.3, -0.25) is 4.68 Å². The normalized spacial score (nSPS) is 13.4. The van der Waals surface area contributed by atoms with Crippen molar-refractivity contribution in [2.24, 2.45) is 11.7 Å². The van der Waals surface area contributed by atoms with Crippen molar-refractivity contribution in [3.05, 3.63) is 17.0 Å². The molecule has 0 aliphatic carbocycles. The average Bonchev–Trinajstić information content (AvgIpc) is 2.45. The molecule has 0 radical (unpaired) electrons. The predicted octanol–water partition coefficient (Wildman–Crippen LogP) is 2.44. The Morgan fingerprint density at radius 1 is 1.31 bits per heavy atom. The standard InChI is InChI=1S/C13H25N3/c1-6-12(14)7-13-10(4)15-16(11(13)5)8-9(2)3/h9,12H,6-8,14H2,1-5H3. The molecular weight excluding hydrogens is 198 g/mol. The van der Waals surface area contributed by atoms with Gasteiger partial charge in [0.1, 0.15) is 0 Å². The van der Waals surface area contributed by atoms with Gasteiger partial charge in [-0.15, -0.1) is 0 Å². The van der Waals surface area contributed by atoms with Gasteiger partial charge >= 0.3 is 0 Å².